The largest absolute Gasteiger partial charge is 0.363 e. The van der Waals surface area contributed by atoms with Gasteiger partial charge in [0.1, 0.15) is 0 Å². The monoisotopic (exact) mass is 135 g/mol. The van der Waals surface area contributed by atoms with Gasteiger partial charge >= 0.3 is 0 Å². The van der Waals surface area contributed by atoms with Crippen molar-refractivity contribution in [2.75, 3.05) is 0 Å². The van der Waals surface area contributed by atoms with Crippen LogP contribution in [-0.2, 0) is 0 Å². The average molecular weight is 135 g/mol. The van der Waals surface area contributed by atoms with Gasteiger partial charge in [0.05, 0.1) is 0 Å². The van der Waals surface area contributed by atoms with Gasteiger partial charge in [-0.05, 0) is 32.1 Å². The summed E-state index contributed by atoms with van der Waals surface area (Å²) in [5, 5.41) is 3.44. The fourth-order valence-corrected chi connectivity index (χ4v) is 1.39. The Morgan fingerprint density at radius 3 is 2.20 bits per heavy atom. The van der Waals surface area contributed by atoms with E-state index in [0.717, 1.165) is 0 Å². The lowest BCUT2D eigenvalue weighted by molar-refractivity contribution is 0.744. The first kappa shape index (κ1) is 6.02. The van der Waals surface area contributed by atoms with Gasteiger partial charge in [-0.25, -0.2) is 0 Å². The molecule has 2 aliphatic rings. The molecular formula is C9H13N. The van der Waals surface area contributed by atoms with Crippen molar-refractivity contribution in [3.05, 3.63) is 23.5 Å². The molecule has 0 aromatic carbocycles. The molecule has 0 aromatic heterocycles. The zero-order valence-corrected chi connectivity index (χ0v) is 6.19. The third kappa shape index (κ3) is 1.08. The molecule has 1 N–H and O–H groups in total. The van der Waals surface area contributed by atoms with E-state index in [2.05, 4.69) is 17.5 Å². The molecule has 0 unspecified atom stereocenters. The number of hydrogen-bond donors (Lipinski definition) is 1. The van der Waals surface area contributed by atoms with Gasteiger partial charge in [0.15, 0.2) is 0 Å². The second-order valence-corrected chi connectivity index (χ2v) is 3.01. The van der Waals surface area contributed by atoms with Crippen LogP contribution in [0.25, 0.3) is 0 Å². The molecule has 0 amide bonds. The van der Waals surface area contributed by atoms with Crippen LogP contribution in [0, 0.1) is 0 Å². The molecule has 2 aliphatic carbocycles. The van der Waals surface area contributed by atoms with E-state index in [0.29, 0.717) is 0 Å². The lowest BCUT2D eigenvalue weighted by Gasteiger charge is -2.17. The Hall–Kier alpha value is -0.720. The van der Waals surface area contributed by atoms with E-state index in [1.807, 2.05) is 0 Å². The Balaban J connectivity index is 1.89. The Labute approximate surface area is 61.8 Å². The highest BCUT2D eigenvalue weighted by Gasteiger charge is 2.09. The first-order chi connectivity index (χ1) is 4.95. The number of allylic oxidation sites excluding steroid dienone is 4. The molecule has 0 heterocycles. The number of rotatable bonds is 2. The van der Waals surface area contributed by atoms with E-state index in [-0.39, 0.29) is 0 Å². The second kappa shape index (κ2) is 2.49. The Morgan fingerprint density at radius 2 is 1.70 bits per heavy atom. The molecule has 2 rings (SSSR count). The van der Waals surface area contributed by atoms with Crippen molar-refractivity contribution in [3.63, 3.8) is 0 Å². The molecule has 1 heteroatoms. The summed E-state index contributed by atoms with van der Waals surface area (Å²) >= 11 is 0. The summed E-state index contributed by atoms with van der Waals surface area (Å²) in [4.78, 5) is 0. The Morgan fingerprint density at radius 1 is 1.00 bits per heavy atom. The molecule has 10 heavy (non-hydrogen) atoms. The highest BCUT2D eigenvalue weighted by molar-refractivity contribution is 5.18. The summed E-state index contributed by atoms with van der Waals surface area (Å²) in [7, 11) is 0. The molecule has 0 atom stereocenters. The third-order valence-corrected chi connectivity index (χ3v) is 2.17. The molecule has 1 nitrogen and oxygen atoms in total. The SMILES string of the molecule is C1=C(NC2=CCCC2)CC1. The van der Waals surface area contributed by atoms with Crippen molar-refractivity contribution < 1.29 is 0 Å². The molecule has 0 saturated heterocycles. The minimum atomic E-state index is 1.26. The van der Waals surface area contributed by atoms with E-state index in [4.69, 9.17) is 0 Å². The van der Waals surface area contributed by atoms with Crippen LogP contribution < -0.4 is 5.32 Å². The van der Waals surface area contributed by atoms with Crippen LogP contribution in [0.3, 0.4) is 0 Å². The summed E-state index contributed by atoms with van der Waals surface area (Å²) < 4.78 is 0. The van der Waals surface area contributed by atoms with E-state index >= 15 is 0 Å². The molecular weight excluding hydrogens is 122 g/mol. The summed E-state index contributed by atoms with van der Waals surface area (Å²) in [5.41, 5.74) is 2.89. The van der Waals surface area contributed by atoms with Crippen LogP contribution in [0.15, 0.2) is 23.5 Å². The van der Waals surface area contributed by atoms with Gasteiger partial charge in [-0.2, -0.15) is 0 Å². The standard InChI is InChI=1S/C9H13N/c1-2-5-8(4-1)10-9-6-3-7-9/h4,6,10H,1-3,5,7H2. The maximum absolute atomic E-state index is 3.44. The summed E-state index contributed by atoms with van der Waals surface area (Å²) in [5.74, 6) is 0. The van der Waals surface area contributed by atoms with Crippen LogP contribution in [-0.4, -0.2) is 0 Å². The summed E-state index contributed by atoms with van der Waals surface area (Å²) in [6.07, 6.45) is 11.0. The molecule has 0 radical (unpaired) electrons. The predicted molar refractivity (Wildman–Crippen MR) is 42.4 cm³/mol. The fraction of sp³-hybridized carbons (Fsp3) is 0.556. The van der Waals surface area contributed by atoms with Crippen molar-refractivity contribution in [2.24, 2.45) is 0 Å². The van der Waals surface area contributed by atoms with Crippen molar-refractivity contribution >= 4 is 0 Å². The van der Waals surface area contributed by atoms with Crippen LogP contribution in [0.4, 0.5) is 0 Å². The van der Waals surface area contributed by atoms with E-state index in [1.165, 1.54) is 43.5 Å². The molecule has 54 valence electrons. The normalized spacial score (nSPS) is 23.2. The zero-order chi connectivity index (χ0) is 6.81. The van der Waals surface area contributed by atoms with Gasteiger partial charge < -0.3 is 5.32 Å². The lowest BCUT2D eigenvalue weighted by atomic mass is 10.1. The second-order valence-electron chi connectivity index (χ2n) is 3.01. The van der Waals surface area contributed by atoms with Crippen molar-refractivity contribution in [2.45, 2.75) is 32.1 Å². The minimum Gasteiger partial charge on any atom is -0.363 e. The topological polar surface area (TPSA) is 12.0 Å². The highest BCUT2D eigenvalue weighted by atomic mass is 14.9. The Kier molecular flexibility index (Phi) is 1.50. The molecule has 0 aromatic rings. The van der Waals surface area contributed by atoms with Gasteiger partial charge in [0.2, 0.25) is 0 Å². The zero-order valence-electron chi connectivity index (χ0n) is 6.19. The van der Waals surface area contributed by atoms with E-state index in [9.17, 15) is 0 Å². The maximum Gasteiger partial charge on any atom is 0.0111 e. The Bertz CT molecular complexity index is 189. The third-order valence-electron chi connectivity index (χ3n) is 2.17. The average Bonchev–Trinajstić information content (AvgIpc) is 2.29. The summed E-state index contributed by atoms with van der Waals surface area (Å²) in [6.45, 7) is 0. The van der Waals surface area contributed by atoms with Gasteiger partial charge in [0, 0.05) is 11.4 Å². The smallest absolute Gasteiger partial charge is 0.0111 e. The van der Waals surface area contributed by atoms with Gasteiger partial charge in [-0.3, -0.25) is 0 Å². The van der Waals surface area contributed by atoms with Crippen LogP contribution in [0.5, 0.6) is 0 Å². The molecule has 0 bridgehead atoms. The number of nitrogens with one attached hydrogen (secondary N) is 1. The first-order valence-electron chi connectivity index (χ1n) is 4.10. The van der Waals surface area contributed by atoms with Crippen LogP contribution in [0.2, 0.25) is 0 Å². The first-order valence-corrected chi connectivity index (χ1v) is 4.10. The van der Waals surface area contributed by atoms with Gasteiger partial charge in [-0.1, -0.05) is 12.2 Å². The molecule has 0 spiro atoms. The quantitative estimate of drug-likeness (QED) is 0.612. The van der Waals surface area contributed by atoms with Gasteiger partial charge in [0.25, 0.3) is 0 Å². The molecule has 0 fully saturated rings. The van der Waals surface area contributed by atoms with Gasteiger partial charge in [-0.15, -0.1) is 0 Å². The summed E-state index contributed by atoms with van der Waals surface area (Å²) in [6, 6.07) is 0. The van der Waals surface area contributed by atoms with Crippen molar-refractivity contribution in [1.29, 1.82) is 0 Å². The van der Waals surface area contributed by atoms with E-state index in [1.54, 1.807) is 0 Å². The molecule has 0 aliphatic heterocycles. The highest BCUT2D eigenvalue weighted by Crippen LogP contribution is 2.21. The molecule has 0 saturated carbocycles. The predicted octanol–water partition coefficient (Wildman–Crippen LogP) is 2.32. The van der Waals surface area contributed by atoms with Crippen LogP contribution in [0.1, 0.15) is 32.1 Å². The van der Waals surface area contributed by atoms with Crippen LogP contribution >= 0.6 is 0 Å². The van der Waals surface area contributed by atoms with Crippen molar-refractivity contribution in [1.82, 2.24) is 5.32 Å². The van der Waals surface area contributed by atoms with E-state index < -0.39 is 0 Å². The fourth-order valence-electron chi connectivity index (χ4n) is 1.39. The lowest BCUT2D eigenvalue weighted by Crippen LogP contribution is -2.15. The minimum absolute atomic E-state index is 1.26. The maximum atomic E-state index is 3.44. The number of hydrogen-bond acceptors (Lipinski definition) is 1. The van der Waals surface area contributed by atoms with Crippen molar-refractivity contribution in [3.8, 4) is 0 Å².